The van der Waals surface area contributed by atoms with Crippen molar-refractivity contribution in [2.45, 2.75) is 50.7 Å². The Kier molecular flexibility index (Phi) is 15.8. The van der Waals surface area contributed by atoms with Crippen molar-refractivity contribution < 1.29 is 37.8 Å². The van der Waals surface area contributed by atoms with E-state index >= 15 is 0 Å². The number of nitrogens with zero attached hydrogens (tertiary/aromatic N) is 9. The van der Waals surface area contributed by atoms with E-state index in [0.29, 0.717) is 58.5 Å². The number of benzene rings is 3. The number of imide groups is 1. The third kappa shape index (κ3) is 12.1. The van der Waals surface area contributed by atoms with Gasteiger partial charge in [0.15, 0.2) is 11.5 Å². The number of ether oxygens (including phenoxy) is 2. The highest BCUT2D eigenvalue weighted by atomic mass is 19.1. The van der Waals surface area contributed by atoms with Crippen LogP contribution in [0.15, 0.2) is 91.4 Å². The first kappa shape index (κ1) is 49.7. The van der Waals surface area contributed by atoms with Crippen molar-refractivity contribution in [3.8, 4) is 17.0 Å². The van der Waals surface area contributed by atoms with Crippen LogP contribution >= 0.6 is 0 Å². The number of aromatic nitrogens is 4. The highest BCUT2D eigenvalue weighted by Crippen LogP contribution is 2.33. The van der Waals surface area contributed by atoms with E-state index in [-0.39, 0.29) is 42.3 Å². The number of urea groups is 1. The summed E-state index contributed by atoms with van der Waals surface area (Å²) in [5.74, 6) is -1.54. The summed E-state index contributed by atoms with van der Waals surface area (Å²) >= 11 is 0. The molecule has 378 valence electrons. The van der Waals surface area contributed by atoms with Gasteiger partial charge in [0.05, 0.1) is 36.9 Å². The second kappa shape index (κ2) is 22.9. The predicted octanol–water partition coefficient (Wildman–Crippen LogP) is 5.25. The largest absolute Gasteiger partial charge is 0.495 e. The molecule has 0 spiro atoms. The lowest BCUT2D eigenvalue weighted by atomic mass is 9.95. The van der Waals surface area contributed by atoms with Crippen molar-refractivity contribution in [3.05, 3.63) is 114 Å². The Morgan fingerprint density at radius 2 is 1.56 bits per heavy atom. The van der Waals surface area contributed by atoms with E-state index in [2.05, 4.69) is 40.4 Å². The number of hydrogen-bond acceptors (Lipinski definition) is 14. The van der Waals surface area contributed by atoms with Crippen LogP contribution in [-0.4, -0.2) is 155 Å². The van der Waals surface area contributed by atoms with Gasteiger partial charge in [-0.25, -0.2) is 23.9 Å². The number of hydrogen-bond donors (Lipinski definition) is 3. The number of rotatable bonds is 16. The molecule has 2 aromatic heterocycles. The first-order valence-electron chi connectivity index (χ1n) is 24.7. The van der Waals surface area contributed by atoms with Crippen LogP contribution in [0.3, 0.4) is 0 Å². The number of esters is 1. The molecule has 4 aliphatic rings. The van der Waals surface area contributed by atoms with Gasteiger partial charge in [0.2, 0.25) is 12.0 Å². The fourth-order valence-electron chi connectivity index (χ4n) is 9.98. The molecule has 0 bridgehead atoms. The number of anilines is 3. The van der Waals surface area contributed by atoms with Gasteiger partial charge in [0, 0.05) is 100 Å². The summed E-state index contributed by atoms with van der Waals surface area (Å²) in [5, 5.41) is 9.68. The molecule has 9 rings (SSSR count). The van der Waals surface area contributed by atoms with E-state index < -0.39 is 29.8 Å². The molecule has 4 fully saturated rings. The van der Waals surface area contributed by atoms with Crippen molar-refractivity contribution in [2.75, 3.05) is 102 Å². The number of methoxy groups -OCH3 is 1. The summed E-state index contributed by atoms with van der Waals surface area (Å²) in [6, 6.07) is 18.6. The van der Waals surface area contributed by atoms with Crippen LogP contribution in [0.2, 0.25) is 0 Å². The van der Waals surface area contributed by atoms with Crippen LogP contribution < -0.4 is 26.0 Å². The highest BCUT2D eigenvalue weighted by molar-refractivity contribution is 6.07. The number of carbonyl (C=O) groups is 5. The Balaban J connectivity index is 0.685. The minimum absolute atomic E-state index is 0.0631. The summed E-state index contributed by atoms with van der Waals surface area (Å²) < 4.78 is 26.7. The monoisotopic (exact) mass is 984 g/mol. The zero-order valence-corrected chi connectivity index (χ0v) is 40.5. The molecule has 0 unspecified atom stereocenters. The maximum Gasteiger partial charge on any atom is 0.361 e. The standard InChI is InChI=1S/C52H61FN12O7/c1-71-44-13-8-37(30-43(44)64-25-18-45(66)59-52(64)70)50(68)63-23-14-35(15-24-63)33-62-28-26-61(27-29-62)20-5-19-60-21-16-41(17-22-60)65-34-38(31-56-65)42-32-55-48(54)46(58-42)51(69)72-47(36-6-3-2-4-7-36)49(67)57-40-11-9-39(53)10-12-40/h2-4,6-13,30-32,34-35,41,47H,5,14-29,33H2,1H3,(H2,54,55)(H,57,67)(H,59,66,70)/t47-/m1/s1. The van der Waals surface area contributed by atoms with E-state index in [9.17, 15) is 28.4 Å². The van der Waals surface area contributed by atoms with Gasteiger partial charge < -0.3 is 40.1 Å². The van der Waals surface area contributed by atoms with Gasteiger partial charge in [-0.15, -0.1) is 0 Å². The molecule has 19 nitrogen and oxygen atoms in total. The normalized spacial score (nSPS) is 18.1. The molecule has 20 heteroatoms. The molecule has 0 radical (unpaired) electrons. The summed E-state index contributed by atoms with van der Waals surface area (Å²) in [6.45, 7) is 10.9. The maximum atomic E-state index is 13.6. The van der Waals surface area contributed by atoms with Gasteiger partial charge in [0.25, 0.3) is 11.8 Å². The average molecular weight is 985 g/mol. The van der Waals surface area contributed by atoms with E-state index in [1.165, 1.54) is 42.5 Å². The zero-order chi connectivity index (χ0) is 50.1. The molecule has 3 aromatic carbocycles. The average Bonchev–Trinajstić information content (AvgIpc) is 3.90. The number of nitrogens with one attached hydrogen (secondary N) is 2. The van der Waals surface area contributed by atoms with Gasteiger partial charge in [0.1, 0.15) is 11.6 Å². The fourth-order valence-corrected chi connectivity index (χ4v) is 9.98. The van der Waals surface area contributed by atoms with Gasteiger partial charge in [-0.2, -0.15) is 5.10 Å². The molecule has 72 heavy (non-hydrogen) atoms. The molecular weight excluding hydrogens is 924 g/mol. The lowest BCUT2D eigenvalue weighted by Crippen LogP contribution is -2.50. The third-order valence-corrected chi connectivity index (χ3v) is 14.1. The molecule has 4 N–H and O–H groups in total. The van der Waals surface area contributed by atoms with Crippen LogP contribution in [0.5, 0.6) is 5.75 Å². The molecule has 1 atom stereocenters. The summed E-state index contributed by atoms with van der Waals surface area (Å²) in [7, 11) is 1.52. The highest BCUT2D eigenvalue weighted by Gasteiger charge is 2.32. The molecule has 6 heterocycles. The number of halogens is 1. The first-order valence-corrected chi connectivity index (χ1v) is 24.7. The lowest BCUT2D eigenvalue weighted by molar-refractivity contribution is -0.125. The SMILES string of the molecule is COc1ccc(C(=O)N2CCC(CN3CCN(CCCN4CCC(n5cc(-c6cnc(N)c(C(=O)O[C@@H](C(=O)Nc7ccc(F)cc7)c7ccccc7)n6)cn5)CC4)CC3)CC2)cc1N1CCC(=O)NC1=O. The maximum absolute atomic E-state index is 13.6. The first-order chi connectivity index (χ1) is 35.0. The van der Waals surface area contributed by atoms with Crippen LogP contribution in [-0.2, 0) is 14.3 Å². The van der Waals surface area contributed by atoms with E-state index in [0.717, 1.165) is 91.0 Å². The van der Waals surface area contributed by atoms with E-state index in [1.807, 2.05) is 15.8 Å². The second-order valence-electron chi connectivity index (χ2n) is 18.8. The molecule has 4 aliphatic heterocycles. The summed E-state index contributed by atoms with van der Waals surface area (Å²) in [6.07, 6.45) is 8.82. The van der Waals surface area contributed by atoms with Gasteiger partial charge in [-0.3, -0.25) is 29.3 Å². The van der Waals surface area contributed by atoms with Crippen molar-refractivity contribution in [3.63, 3.8) is 0 Å². The smallest absolute Gasteiger partial charge is 0.361 e. The second-order valence-corrected chi connectivity index (χ2v) is 18.8. The van der Waals surface area contributed by atoms with Crippen LogP contribution in [0, 0.1) is 11.7 Å². The lowest BCUT2D eigenvalue weighted by Gasteiger charge is -2.39. The quantitative estimate of drug-likeness (QED) is 0.108. The van der Waals surface area contributed by atoms with E-state index in [1.54, 1.807) is 54.7 Å². The predicted molar refractivity (Wildman–Crippen MR) is 267 cm³/mol. The fraction of sp³-hybridized carbons (Fsp3) is 0.423. The van der Waals surface area contributed by atoms with Crippen LogP contribution in [0.25, 0.3) is 11.3 Å². The van der Waals surface area contributed by atoms with Gasteiger partial charge in [-0.05, 0) is 93.6 Å². The number of piperazine rings is 1. The zero-order valence-electron chi connectivity index (χ0n) is 40.5. The number of nitrogens with two attached hydrogens (primary N) is 1. The Labute approximate surface area is 417 Å². The van der Waals surface area contributed by atoms with Crippen molar-refractivity contribution in [2.24, 2.45) is 5.92 Å². The number of piperidine rings is 2. The molecule has 4 saturated heterocycles. The Morgan fingerprint density at radius 3 is 2.26 bits per heavy atom. The van der Waals surface area contributed by atoms with Crippen molar-refractivity contribution >= 4 is 46.9 Å². The summed E-state index contributed by atoms with van der Waals surface area (Å²) in [4.78, 5) is 84.7. The van der Waals surface area contributed by atoms with E-state index in [4.69, 9.17) is 15.2 Å². The number of carbonyl (C=O) groups excluding carboxylic acids is 5. The summed E-state index contributed by atoms with van der Waals surface area (Å²) in [5.41, 5.74) is 8.68. The number of amides is 5. The molecule has 5 amide bonds. The van der Waals surface area contributed by atoms with Gasteiger partial charge in [-0.1, -0.05) is 30.3 Å². The molecule has 0 aliphatic carbocycles. The topological polar surface area (TPSA) is 214 Å². The third-order valence-electron chi connectivity index (χ3n) is 14.1. The minimum atomic E-state index is -1.35. The Morgan fingerprint density at radius 1 is 0.847 bits per heavy atom. The molecule has 0 saturated carbocycles. The van der Waals surface area contributed by atoms with Gasteiger partial charge >= 0.3 is 12.0 Å². The number of nitrogen functional groups attached to an aromatic ring is 1. The number of likely N-dealkylation sites (tertiary alicyclic amines) is 2. The minimum Gasteiger partial charge on any atom is -0.495 e. The Bertz CT molecular complexity index is 2720. The van der Waals surface area contributed by atoms with Crippen molar-refractivity contribution in [1.29, 1.82) is 0 Å². The van der Waals surface area contributed by atoms with Crippen LogP contribution in [0.4, 0.5) is 26.4 Å². The molecular formula is C52H61FN12O7. The van der Waals surface area contributed by atoms with Crippen molar-refractivity contribution in [1.82, 2.24) is 44.7 Å². The molecule has 5 aromatic rings. The Hall–Kier alpha value is -7.29. The van der Waals surface area contributed by atoms with Crippen LogP contribution in [0.1, 0.15) is 77.1 Å².